The van der Waals surface area contributed by atoms with Crippen LogP contribution >= 0.6 is 24.0 Å². The molecular formula is C27H38IN5. The van der Waals surface area contributed by atoms with Crippen molar-refractivity contribution < 1.29 is 0 Å². The predicted molar refractivity (Wildman–Crippen MR) is 151 cm³/mol. The quantitative estimate of drug-likeness (QED) is 0.218. The molecule has 2 N–H and O–H groups in total. The lowest BCUT2D eigenvalue weighted by Crippen LogP contribution is -2.49. The number of halogens is 1. The Morgan fingerprint density at radius 1 is 1.03 bits per heavy atom. The van der Waals surface area contributed by atoms with Crippen LogP contribution in [0.1, 0.15) is 43.9 Å². The van der Waals surface area contributed by atoms with Crippen LogP contribution in [0.15, 0.2) is 71.7 Å². The molecule has 0 aliphatic carbocycles. The molecule has 1 unspecified atom stereocenters. The van der Waals surface area contributed by atoms with Gasteiger partial charge in [0.15, 0.2) is 5.96 Å². The van der Waals surface area contributed by atoms with Gasteiger partial charge in [0.05, 0.1) is 6.54 Å². The van der Waals surface area contributed by atoms with E-state index in [2.05, 4.69) is 101 Å². The first-order valence-electron chi connectivity index (χ1n) is 12.1. The van der Waals surface area contributed by atoms with Gasteiger partial charge in [-0.05, 0) is 49.9 Å². The van der Waals surface area contributed by atoms with Crippen molar-refractivity contribution in [1.82, 2.24) is 15.5 Å². The Morgan fingerprint density at radius 2 is 1.76 bits per heavy atom. The van der Waals surface area contributed by atoms with E-state index in [-0.39, 0.29) is 24.0 Å². The number of likely N-dealkylation sites (tertiary alicyclic amines) is 1. The predicted octanol–water partition coefficient (Wildman–Crippen LogP) is 4.96. The van der Waals surface area contributed by atoms with Crippen LogP contribution in [-0.2, 0) is 6.54 Å². The molecule has 4 rings (SSSR count). The van der Waals surface area contributed by atoms with Crippen molar-refractivity contribution in [2.24, 2.45) is 4.99 Å². The third kappa shape index (κ3) is 7.21. The number of aliphatic imine (C=N–C) groups is 1. The lowest BCUT2D eigenvalue weighted by molar-refractivity contribution is 0.158. The minimum Gasteiger partial charge on any atom is -0.364 e. The molecule has 0 spiro atoms. The van der Waals surface area contributed by atoms with Gasteiger partial charge >= 0.3 is 0 Å². The zero-order chi connectivity index (χ0) is 22.2. The summed E-state index contributed by atoms with van der Waals surface area (Å²) in [5.74, 6) is 0.926. The second kappa shape index (κ2) is 13.0. The van der Waals surface area contributed by atoms with E-state index in [9.17, 15) is 0 Å². The number of rotatable bonds is 7. The van der Waals surface area contributed by atoms with Gasteiger partial charge in [0.1, 0.15) is 0 Å². The van der Waals surface area contributed by atoms with E-state index < -0.39 is 0 Å². The maximum atomic E-state index is 4.89. The van der Waals surface area contributed by atoms with Crippen LogP contribution in [0.3, 0.4) is 0 Å². The number of hydrogen-bond acceptors (Lipinski definition) is 3. The van der Waals surface area contributed by atoms with E-state index >= 15 is 0 Å². The van der Waals surface area contributed by atoms with Crippen molar-refractivity contribution >= 4 is 35.6 Å². The van der Waals surface area contributed by atoms with E-state index in [1.807, 2.05) is 0 Å². The van der Waals surface area contributed by atoms with Gasteiger partial charge in [-0.3, -0.25) is 4.90 Å². The molecule has 2 aromatic carbocycles. The largest absolute Gasteiger partial charge is 0.364 e. The molecule has 0 bridgehead atoms. The van der Waals surface area contributed by atoms with Crippen LogP contribution in [0.2, 0.25) is 0 Å². The maximum Gasteiger partial charge on any atom is 0.191 e. The minimum absolute atomic E-state index is 0. The molecular weight excluding hydrogens is 521 g/mol. The number of benzene rings is 2. The van der Waals surface area contributed by atoms with Crippen molar-refractivity contribution in [3.8, 4) is 0 Å². The fourth-order valence-corrected chi connectivity index (χ4v) is 4.60. The van der Waals surface area contributed by atoms with Crippen molar-refractivity contribution in [2.45, 2.75) is 45.3 Å². The Kier molecular flexibility index (Phi) is 10.1. The van der Waals surface area contributed by atoms with E-state index in [1.54, 1.807) is 0 Å². The smallest absolute Gasteiger partial charge is 0.191 e. The zero-order valence-corrected chi connectivity index (χ0v) is 22.2. The van der Waals surface area contributed by atoms with Gasteiger partial charge in [-0.25, -0.2) is 4.99 Å². The van der Waals surface area contributed by atoms with Crippen LogP contribution < -0.4 is 15.5 Å². The van der Waals surface area contributed by atoms with Crippen molar-refractivity contribution in [3.05, 3.63) is 77.9 Å². The Hall–Kier alpha value is -2.06. The molecule has 2 aliphatic heterocycles. The first-order valence-corrected chi connectivity index (χ1v) is 12.1. The van der Waals surface area contributed by atoms with Gasteiger partial charge < -0.3 is 15.5 Å². The topological polar surface area (TPSA) is 42.9 Å². The molecule has 1 fully saturated rings. The second-order valence-corrected chi connectivity index (χ2v) is 8.78. The lowest BCUT2D eigenvalue weighted by atomic mass is 10.0. The molecule has 6 heteroatoms. The molecule has 2 aliphatic rings. The van der Waals surface area contributed by atoms with E-state index in [0.717, 1.165) is 51.5 Å². The molecule has 0 saturated carbocycles. The maximum absolute atomic E-state index is 4.89. The number of nitrogens with one attached hydrogen (secondary N) is 2. The van der Waals surface area contributed by atoms with Crippen molar-refractivity contribution in [3.63, 3.8) is 0 Å². The normalized spacial score (nSPS) is 18.1. The molecule has 1 saturated heterocycles. The van der Waals surface area contributed by atoms with Crippen LogP contribution in [0.4, 0.5) is 5.69 Å². The van der Waals surface area contributed by atoms with Gasteiger partial charge in [-0.15, -0.1) is 24.0 Å². The molecule has 33 heavy (non-hydrogen) atoms. The van der Waals surface area contributed by atoms with Gasteiger partial charge in [0, 0.05) is 50.5 Å². The van der Waals surface area contributed by atoms with Crippen LogP contribution in [0.25, 0.3) is 0 Å². The number of guanidine groups is 1. The summed E-state index contributed by atoms with van der Waals surface area (Å²) in [5, 5.41) is 7.12. The first-order chi connectivity index (χ1) is 15.7. The van der Waals surface area contributed by atoms with E-state index in [1.165, 1.54) is 16.8 Å². The molecule has 178 valence electrons. The summed E-state index contributed by atoms with van der Waals surface area (Å²) in [7, 11) is 0. The lowest BCUT2D eigenvalue weighted by Gasteiger charge is -2.37. The summed E-state index contributed by atoms with van der Waals surface area (Å²) in [6.45, 7) is 10.2. The second-order valence-electron chi connectivity index (χ2n) is 8.78. The molecule has 2 heterocycles. The van der Waals surface area contributed by atoms with Gasteiger partial charge in [0.2, 0.25) is 0 Å². The van der Waals surface area contributed by atoms with Gasteiger partial charge in [0.25, 0.3) is 0 Å². The molecule has 2 aromatic rings. The van der Waals surface area contributed by atoms with Crippen molar-refractivity contribution in [1.29, 1.82) is 0 Å². The Balaban J connectivity index is 0.00000306. The number of hydrogen-bond donors (Lipinski definition) is 2. The van der Waals surface area contributed by atoms with E-state index in [4.69, 9.17) is 4.99 Å². The third-order valence-electron chi connectivity index (χ3n) is 6.56. The Morgan fingerprint density at radius 3 is 2.45 bits per heavy atom. The average Bonchev–Trinajstić information content (AvgIpc) is 3.39. The highest BCUT2D eigenvalue weighted by Gasteiger charge is 2.24. The Labute approximate surface area is 216 Å². The fraction of sp³-hybridized carbons (Fsp3) is 0.444. The molecule has 5 nitrogen and oxygen atoms in total. The Bertz CT molecular complexity index is 898. The molecule has 0 aromatic heterocycles. The fourth-order valence-electron chi connectivity index (χ4n) is 4.60. The summed E-state index contributed by atoms with van der Waals surface area (Å²) < 4.78 is 0. The summed E-state index contributed by atoms with van der Waals surface area (Å²) in [6, 6.07) is 20.5. The number of piperidine rings is 1. The first kappa shape index (κ1) is 25.6. The highest BCUT2D eigenvalue weighted by Crippen LogP contribution is 2.24. The summed E-state index contributed by atoms with van der Waals surface area (Å²) in [4.78, 5) is 9.86. The number of anilines is 1. The average molecular weight is 560 g/mol. The van der Waals surface area contributed by atoms with Gasteiger partial charge in [-0.1, -0.05) is 54.6 Å². The highest BCUT2D eigenvalue weighted by atomic mass is 127. The van der Waals surface area contributed by atoms with Crippen LogP contribution in [-0.4, -0.2) is 49.6 Å². The monoisotopic (exact) mass is 559 g/mol. The standard InChI is InChI=1S/C27H37N5.HI/c1-3-28-27(29-21-23-10-9-13-26(20-23)32-16-7-8-17-32)30-25-14-18-31(19-15-25)22(2)24-11-5-4-6-12-24;/h4-13,20,22,25H,3,14-19,21H2,1-2H3,(H2,28,29,30);1H. The third-order valence-corrected chi connectivity index (χ3v) is 6.56. The molecule has 0 amide bonds. The summed E-state index contributed by atoms with van der Waals surface area (Å²) in [6.07, 6.45) is 6.73. The van der Waals surface area contributed by atoms with E-state index in [0.29, 0.717) is 18.6 Å². The van der Waals surface area contributed by atoms with Crippen molar-refractivity contribution in [2.75, 3.05) is 37.6 Å². The van der Waals surface area contributed by atoms with Crippen LogP contribution in [0, 0.1) is 0 Å². The van der Waals surface area contributed by atoms with Crippen LogP contribution in [0.5, 0.6) is 0 Å². The molecule has 1 atom stereocenters. The highest BCUT2D eigenvalue weighted by molar-refractivity contribution is 14.0. The molecule has 0 radical (unpaired) electrons. The summed E-state index contributed by atoms with van der Waals surface area (Å²) >= 11 is 0. The SMILES string of the molecule is CCNC(=NCc1cccc(N2CC=CC2)c1)NC1CCN(C(C)c2ccccc2)CC1.I. The zero-order valence-electron chi connectivity index (χ0n) is 19.9. The number of nitrogens with zero attached hydrogens (tertiary/aromatic N) is 3. The minimum atomic E-state index is 0. The van der Waals surface area contributed by atoms with Gasteiger partial charge in [-0.2, -0.15) is 0 Å². The summed E-state index contributed by atoms with van der Waals surface area (Å²) in [5.41, 5.74) is 3.93.